The van der Waals surface area contributed by atoms with Crippen LogP contribution < -0.4 is 5.48 Å². The Morgan fingerprint density at radius 2 is 1.26 bits per heavy atom. The molecule has 0 atom stereocenters. The van der Waals surface area contributed by atoms with E-state index >= 15 is 0 Å². The summed E-state index contributed by atoms with van der Waals surface area (Å²) in [5.41, 5.74) is 1.61. The van der Waals surface area contributed by atoms with E-state index in [0.717, 1.165) is 51.4 Å². The number of carbonyl (C=O) groups is 1. The lowest BCUT2D eigenvalue weighted by molar-refractivity contribution is -0.129. The van der Waals surface area contributed by atoms with Crippen molar-refractivity contribution >= 4 is 13.5 Å². The summed E-state index contributed by atoms with van der Waals surface area (Å²) in [6.07, 6.45) is 9.09. The molecule has 7 heteroatoms. The molecule has 0 saturated heterocycles. The highest BCUT2D eigenvalue weighted by atomic mass is 31.2. The van der Waals surface area contributed by atoms with Crippen LogP contribution in [0.4, 0.5) is 0 Å². The van der Waals surface area contributed by atoms with Crippen molar-refractivity contribution < 1.29 is 24.4 Å². The molecular formula is C12H26NO5P. The molecule has 0 aromatic carbocycles. The number of unbranched alkanes of at least 4 members (excludes halogenated alkanes) is 8. The van der Waals surface area contributed by atoms with Crippen molar-refractivity contribution in [2.24, 2.45) is 0 Å². The van der Waals surface area contributed by atoms with Gasteiger partial charge in [0.05, 0.1) is 0 Å². The molecular weight excluding hydrogens is 269 g/mol. The topological polar surface area (TPSA) is 107 Å². The van der Waals surface area contributed by atoms with E-state index in [0.29, 0.717) is 12.8 Å². The van der Waals surface area contributed by atoms with Crippen molar-refractivity contribution in [2.45, 2.75) is 64.2 Å². The van der Waals surface area contributed by atoms with Gasteiger partial charge in [0.1, 0.15) is 0 Å². The highest BCUT2D eigenvalue weighted by Gasteiger charge is 2.10. The van der Waals surface area contributed by atoms with Gasteiger partial charge in [-0.25, -0.2) is 5.48 Å². The summed E-state index contributed by atoms with van der Waals surface area (Å²) >= 11 is 0. The number of hydroxylamine groups is 1. The Balaban J connectivity index is 3.11. The summed E-state index contributed by atoms with van der Waals surface area (Å²) < 4.78 is 10.6. The number of amides is 1. The standard InChI is InChI=1S/C12H26NO5P/c14-12(13-15)10-8-6-4-2-1-3-5-7-9-11-19(16,17)18/h15H,1-11H2,(H,13,14)(H2,16,17,18). The second-order valence-electron chi connectivity index (χ2n) is 4.86. The van der Waals surface area contributed by atoms with Gasteiger partial charge in [-0.1, -0.05) is 44.9 Å². The average Bonchev–Trinajstić information content (AvgIpc) is 2.34. The molecule has 0 bridgehead atoms. The van der Waals surface area contributed by atoms with E-state index in [1.165, 1.54) is 0 Å². The van der Waals surface area contributed by atoms with Crippen molar-refractivity contribution in [3.05, 3.63) is 0 Å². The normalized spacial score (nSPS) is 11.5. The molecule has 0 aliphatic rings. The minimum absolute atomic E-state index is 0.0000781. The minimum Gasteiger partial charge on any atom is -0.324 e. The summed E-state index contributed by atoms with van der Waals surface area (Å²) in [6.45, 7) is 0. The van der Waals surface area contributed by atoms with Gasteiger partial charge in [-0.2, -0.15) is 0 Å². The lowest BCUT2D eigenvalue weighted by atomic mass is 10.1. The SMILES string of the molecule is O=C(CCCCCCCCCCCP(=O)(O)O)NO. The Hall–Kier alpha value is -0.420. The van der Waals surface area contributed by atoms with E-state index in [9.17, 15) is 9.36 Å². The zero-order valence-electron chi connectivity index (χ0n) is 11.4. The highest BCUT2D eigenvalue weighted by Crippen LogP contribution is 2.35. The lowest BCUT2D eigenvalue weighted by Gasteiger charge is -2.04. The number of rotatable bonds is 12. The smallest absolute Gasteiger partial charge is 0.324 e. The molecule has 4 N–H and O–H groups in total. The molecule has 114 valence electrons. The van der Waals surface area contributed by atoms with Gasteiger partial charge < -0.3 is 9.79 Å². The van der Waals surface area contributed by atoms with Gasteiger partial charge in [0.25, 0.3) is 0 Å². The van der Waals surface area contributed by atoms with Gasteiger partial charge >= 0.3 is 7.60 Å². The maximum absolute atomic E-state index is 10.7. The van der Waals surface area contributed by atoms with Gasteiger partial charge in [0.2, 0.25) is 5.91 Å². The van der Waals surface area contributed by atoms with E-state index in [2.05, 4.69) is 0 Å². The number of nitrogens with one attached hydrogen (secondary N) is 1. The second-order valence-corrected chi connectivity index (χ2v) is 6.63. The number of hydrogen-bond acceptors (Lipinski definition) is 3. The molecule has 0 aromatic rings. The summed E-state index contributed by atoms with van der Waals surface area (Å²) in [5.74, 6) is -0.329. The van der Waals surface area contributed by atoms with Crippen LogP contribution in [-0.4, -0.2) is 27.1 Å². The first-order valence-electron chi connectivity index (χ1n) is 6.93. The quantitative estimate of drug-likeness (QED) is 0.191. The first-order valence-corrected chi connectivity index (χ1v) is 8.73. The van der Waals surface area contributed by atoms with E-state index in [4.69, 9.17) is 15.0 Å². The monoisotopic (exact) mass is 295 g/mol. The Kier molecular flexibility index (Phi) is 11.2. The summed E-state index contributed by atoms with van der Waals surface area (Å²) in [7, 11) is -3.80. The van der Waals surface area contributed by atoms with Gasteiger partial charge in [0, 0.05) is 12.6 Å². The number of hydrogen-bond donors (Lipinski definition) is 4. The summed E-state index contributed by atoms with van der Waals surface area (Å²) in [6, 6.07) is 0. The minimum atomic E-state index is -3.80. The molecule has 19 heavy (non-hydrogen) atoms. The summed E-state index contributed by atoms with van der Waals surface area (Å²) in [5, 5.41) is 8.28. The van der Waals surface area contributed by atoms with E-state index in [1.54, 1.807) is 5.48 Å². The maximum Gasteiger partial charge on any atom is 0.325 e. The van der Waals surface area contributed by atoms with Crippen LogP contribution in [0.2, 0.25) is 0 Å². The largest absolute Gasteiger partial charge is 0.325 e. The van der Waals surface area contributed by atoms with Crippen molar-refractivity contribution in [3.8, 4) is 0 Å². The molecule has 0 spiro atoms. The Morgan fingerprint density at radius 1 is 0.842 bits per heavy atom. The first-order chi connectivity index (χ1) is 8.95. The fourth-order valence-corrected chi connectivity index (χ4v) is 2.53. The maximum atomic E-state index is 10.7. The molecule has 0 aromatic heterocycles. The molecule has 0 saturated carbocycles. The van der Waals surface area contributed by atoms with Crippen molar-refractivity contribution in [3.63, 3.8) is 0 Å². The fourth-order valence-electron chi connectivity index (χ4n) is 1.90. The summed E-state index contributed by atoms with van der Waals surface area (Å²) in [4.78, 5) is 28.0. The van der Waals surface area contributed by atoms with Gasteiger partial charge in [0.15, 0.2) is 0 Å². The molecule has 0 rings (SSSR count). The Morgan fingerprint density at radius 3 is 1.68 bits per heavy atom. The van der Waals surface area contributed by atoms with E-state index in [1.807, 2.05) is 0 Å². The van der Waals surface area contributed by atoms with Crippen LogP contribution in [0.3, 0.4) is 0 Å². The fraction of sp³-hybridized carbons (Fsp3) is 0.917. The Bertz CT molecular complexity index is 279. The third kappa shape index (κ3) is 15.5. The molecule has 0 heterocycles. The van der Waals surface area contributed by atoms with Crippen molar-refractivity contribution in [2.75, 3.05) is 6.16 Å². The predicted octanol–water partition coefficient (Wildman–Crippen LogP) is 2.57. The molecule has 0 unspecified atom stereocenters. The molecule has 1 amide bonds. The van der Waals surface area contributed by atoms with Crippen LogP contribution in [0.25, 0.3) is 0 Å². The molecule has 0 fully saturated rings. The molecule has 0 aliphatic heterocycles. The van der Waals surface area contributed by atoms with Crippen LogP contribution in [0, 0.1) is 0 Å². The van der Waals surface area contributed by atoms with Gasteiger partial charge in [-0.3, -0.25) is 14.6 Å². The van der Waals surface area contributed by atoms with Gasteiger partial charge in [-0.15, -0.1) is 0 Å². The Labute approximate surface area is 114 Å². The predicted molar refractivity (Wildman–Crippen MR) is 73.0 cm³/mol. The van der Waals surface area contributed by atoms with E-state index in [-0.39, 0.29) is 12.1 Å². The molecule has 0 radical (unpaired) electrons. The zero-order valence-corrected chi connectivity index (χ0v) is 12.3. The van der Waals surface area contributed by atoms with Crippen LogP contribution in [0.15, 0.2) is 0 Å². The number of carbonyl (C=O) groups excluding carboxylic acids is 1. The van der Waals surface area contributed by atoms with Crippen LogP contribution in [0.1, 0.15) is 64.2 Å². The van der Waals surface area contributed by atoms with E-state index < -0.39 is 7.60 Å². The highest BCUT2D eigenvalue weighted by molar-refractivity contribution is 7.51. The van der Waals surface area contributed by atoms with Crippen molar-refractivity contribution in [1.82, 2.24) is 5.48 Å². The van der Waals surface area contributed by atoms with Crippen LogP contribution in [-0.2, 0) is 9.36 Å². The third-order valence-corrected chi connectivity index (χ3v) is 3.88. The molecule has 6 nitrogen and oxygen atoms in total. The lowest BCUT2D eigenvalue weighted by Crippen LogP contribution is -2.17. The second kappa shape index (κ2) is 11.4. The van der Waals surface area contributed by atoms with Crippen LogP contribution >= 0.6 is 7.60 Å². The average molecular weight is 295 g/mol. The molecule has 0 aliphatic carbocycles. The first kappa shape index (κ1) is 18.6. The zero-order chi connectivity index (χ0) is 14.6. The third-order valence-electron chi connectivity index (χ3n) is 2.98. The van der Waals surface area contributed by atoms with Crippen LogP contribution in [0.5, 0.6) is 0 Å². The van der Waals surface area contributed by atoms with Crippen molar-refractivity contribution in [1.29, 1.82) is 0 Å². The van der Waals surface area contributed by atoms with Gasteiger partial charge in [-0.05, 0) is 12.8 Å².